The van der Waals surface area contributed by atoms with Crippen LogP contribution in [0.4, 0.5) is 4.39 Å². The number of hydrogen-bond donors (Lipinski definition) is 2. The molecule has 0 amide bonds. The molecule has 0 saturated carbocycles. The molecule has 0 saturated heterocycles. The molecule has 0 aliphatic rings. The highest BCUT2D eigenvalue weighted by Gasteiger charge is 2.03. The summed E-state index contributed by atoms with van der Waals surface area (Å²) in [6.07, 6.45) is 0. The fourth-order valence-electron chi connectivity index (χ4n) is 0.850. The lowest BCUT2D eigenvalue weighted by Gasteiger charge is -2.06. The van der Waals surface area contributed by atoms with E-state index in [1.54, 1.807) is 6.07 Å². The molecule has 2 N–H and O–H groups in total. The van der Waals surface area contributed by atoms with Crippen molar-refractivity contribution in [1.82, 2.24) is 0 Å². The molecule has 0 bridgehead atoms. The monoisotopic (exact) mass is 171 g/mol. The third kappa shape index (κ3) is 2.20. The number of hydrogen-bond acceptors (Lipinski definition) is 2. The van der Waals surface area contributed by atoms with E-state index >= 15 is 0 Å². The maximum atomic E-state index is 12.6. The Bertz CT molecular complexity index is 239. The molecule has 0 aliphatic carbocycles. The Morgan fingerprint density at radius 3 is 2.82 bits per heavy atom. The van der Waals surface area contributed by atoms with E-state index in [2.05, 4.69) is 12.6 Å². The van der Waals surface area contributed by atoms with Gasteiger partial charge in [-0.1, -0.05) is 12.1 Å². The van der Waals surface area contributed by atoms with Crippen molar-refractivity contribution in [1.29, 1.82) is 0 Å². The first-order chi connectivity index (χ1) is 5.24. The van der Waals surface area contributed by atoms with Crippen molar-refractivity contribution in [2.75, 3.05) is 6.54 Å². The van der Waals surface area contributed by atoms with Gasteiger partial charge in [0.2, 0.25) is 0 Å². The Labute approximate surface area is 70.8 Å². The van der Waals surface area contributed by atoms with E-state index in [-0.39, 0.29) is 11.1 Å². The van der Waals surface area contributed by atoms with Crippen LogP contribution in [-0.4, -0.2) is 6.54 Å². The zero-order chi connectivity index (χ0) is 8.27. The van der Waals surface area contributed by atoms with Crippen molar-refractivity contribution >= 4 is 12.6 Å². The summed E-state index contributed by atoms with van der Waals surface area (Å²) in [5, 5.41) is -0.0642. The van der Waals surface area contributed by atoms with Crippen LogP contribution in [0.15, 0.2) is 24.3 Å². The van der Waals surface area contributed by atoms with Gasteiger partial charge in [-0.05, 0) is 17.7 Å². The van der Waals surface area contributed by atoms with Crippen LogP contribution in [0.3, 0.4) is 0 Å². The molecular formula is C8H10FNS. The van der Waals surface area contributed by atoms with Gasteiger partial charge in [0.1, 0.15) is 5.82 Å². The van der Waals surface area contributed by atoms with Gasteiger partial charge in [0.25, 0.3) is 0 Å². The molecule has 3 heteroatoms. The minimum Gasteiger partial charge on any atom is -0.329 e. The Kier molecular flexibility index (Phi) is 2.91. The van der Waals surface area contributed by atoms with Crippen molar-refractivity contribution in [2.24, 2.45) is 5.73 Å². The molecule has 1 aromatic rings. The second-order valence-electron chi connectivity index (χ2n) is 2.31. The minimum absolute atomic E-state index is 0.0642. The molecule has 60 valence electrons. The van der Waals surface area contributed by atoms with Crippen molar-refractivity contribution in [3.8, 4) is 0 Å². The van der Waals surface area contributed by atoms with Gasteiger partial charge in [0, 0.05) is 11.8 Å². The van der Waals surface area contributed by atoms with Gasteiger partial charge in [-0.25, -0.2) is 4.39 Å². The first kappa shape index (κ1) is 8.56. The zero-order valence-corrected chi connectivity index (χ0v) is 6.89. The van der Waals surface area contributed by atoms with Crippen molar-refractivity contribution < 1.29 is 4.39 Å². The maximum Gasteiger partial charge on any atom is 0.123 e. The number of nitrogens with two attached hydrogens (primary N) is 1. The fourth-order valence-corrected chi connectivity index (χ4v) is 1.01. The Hall–Kier alpha value is -0.540. The first-order valence-electron chi connectivity index (χ1n) is 3.37. The van der Waals surface area contributed by atoms with Crippen LogP contribution in [0.5, 0.6) is 0 Å². The van der Waals surface area contributed by atoms with E-state index in [0.29, 0.717) is 6.54 Å². The normalized spacial score (nSPS) is 13.0. The number of halogens is 1. The van der Waals surface area contributed by atoms with Gasteiger partial charge < -0.3 is 5.73 Å². The average Bonchev–Trinajstić information content (AvgIpc) is 2.03. The summed E-state index contributed by atoms with van der Waals surface area (Å²) < 4.78 is 12.6. The maximum absolute atomic E-state index is 12.6. The lowest BCUT2D eigenvalue weighted by atomic mass is 10.1. The van der Waals surface area contributed by atoms with Crippen LogP contribution in [0.25, 0.3) is 0 Å². The van der Waals surface area contributed by atoms with E-state index in [1.807, 2.05) is 6.07 Å². The van der Waals surface area contributed by atoms with Gasteiger partial charge in [-0.2, -0.15) is 12.6 Å². The van der Waals surface area contributed by atoms with Crippen molar-refractivity contribution in [3.63, 3.8) is 0 Å². The van der Waals surface area contributed by atoms with Gasteiger partial charge in [0.05, 0.1) is 0 Å². The Morgan fingerprint density at radius 2 is 2.27 bits per heavy atom. The predicted octanol–water partition coefficient (Wildman–Crippen LogP) is 1.76. The molecule has 1 rings (SSSR count). The summed E-state index contributed by atoms with van der Waals surface area (Å²) in [4.78, 5) is 0. The minimum atomic E-state index is -0.241. The highest BCUT2D eigenvalue weighted by molar-refractivity contribution is 7.80. The van der Waals surface area contributed by atoms with Crippen molar-refractivity contribution in [3.05, 3.63) is 35.6 Å². The number of benzene rings is 1. The van der Waals surface area contributed by atoms with Crippen LogP contribution in [0.1, 0.15) is 10.8 Å². The summed E-state index contributed by atoms with van der Waals surface area (Å²) in [5.41, 5.74) is 6.18. The molecule has 1 unspecified atom stereocenters. The van der Waals surface area contributed by atoms with Crippen LogP contribution in [-0.2, 0) is 0 Å². The molecular weight excluding hydrogens is 161 g/mol. The molecule has 0 aromatic heterocycles. The predicted molar refractivity (Wildman–Crippen MR) is 47.2 cm³/mol. The van der Waals surface area contributed by atoms with E-state index in [9.17, 15) is 4.39 Å². The summed E-state index contributed by atoms with van der Waals surface area (Å²) >= 11 is 4.18. The van der Waals surface area contributed by atoms with Crippen LogP contribution in [0.2, 0.25) is 0 Å². The largest absolute Gasteiger partial charge is 0.329 e. The summed E-state index contributed by atoms with van der Waals surface area (Å²) in [6.45, 7) is 0.423. The van der Waals surface area contributed by atoms with Crippen LogP contribution < -0.4 is 5.73 Å². The van der Waals surface area contributed by atoms with Gasteiger partial charge in [-0.3, -0.25) is 0 Å². The second-order valence-corrected chi connectivity index (χ2v) is 2.93. The zero-order valence-electron chi connectivity index (χ0n) is 6.00. The number of rotatable bonds is 2. The van der Waals surface area contributed by atoms with Gasteiger partial charge in [-0.15, -0.1) is 0 Å². The van der Waals surface area contributed by atoms with Crippen LogP contribution in [0, 0.1) is 5.82 Å². The lowest BCUT2D eigenvalue weighted by Crippen LogP contribution is -2.06. The van der Waals surface area contributed by atoms with E-state index in [4.69, 9.17) is 5.73 Å². The van der Waals surface area contributed by atoms with Crippen molar-refractivity contribution in [2.45, 2.75) is 5.25 Å². The highest BCUT2D eigenvalue weighted by Crippen LogP contribution is 2.18. The SMILES string of the molecule is NCC(S)c1cccc(F)c1. The standard InChI is InChI=1S/C8H10FNS/c9-7-3-1-2-6(4-7)8(11)5-10/h1-4,8,11H,5,10H2. The molecule has 1 nitrogen and oxygen atoms in total. The molecule has 0 spiro atoms. The lowest BCUT2D eigenvalue weighted by molar-refractivity contribution is 0.625. The smallest absolute Gasteiger partial charge is 0.123 e. The molecule has 0 heterocycles. The van der Waals surface area contributed by atoms with Gasteiger partial charge in [0.15, 0.2) is 0 Å². The van der Waals surface area contributed by atoms with Gasteiger partial charge >= 0.3 is 0 Å². The third-order valence-corrected chi connectivity index (χ3v) is 1.97. The molecule has 0 radical (unpaired) electrons. The molecule has 11 heavy (non-hydrogen) atoms. The Morgan fingerprint density at radius 1 is 1.55 bits per heavy atom. The summed E-state index contributed by atoms with van der Waals surface area (Å²) in [7, 11) is 0. The quantitative estimate of drug-likeness (QED) is 0.651. The summed E-state index contributed by atoms with van der Waals surface area (Å²) in [6, 6.07) is 6.32. The van der Waals surface area contributed by atoms with E-state index in [1.165, 1.54) is 12.1 Å². The first-order valence-corrected chi connectivity index (χ1v) is 3.89. The average molecular weight is 171 g/mol. The highest BCUT2D eigenvalue weighted by atomic mass is 32.1. The second kappa shape index (κ2) is 3.74. The fraction of sp³-hybridized carbons (Fsp3) is 0.250. The molecule has 0 fully saturated rings. The van der Waals surface area contributed by atoms with E-state index < -0.39 is 0 Å². The Balaban J connectivity index is 2.86. The number of thiol groups is 1. The molecule has 1 aromatic carbocycles. The van der Waals surface area contributed by atoms with Crippen LogP contribution >= 0.6 is 12.6 Å². The third-order valence-electron chi connectivity index (χ3n) is 1.46. The topological polar surface area (TPSA) is 26.0 Å². The molecule has 0 aliphatic heterocycles. The van der Waals surface area contributed by atoms with E-state index in [0.717, 1.165) is 5.56 Å². The molecule has 1 atom stereocenters. The summed E-state index contributed by atoms with van der Waals surface area (Å²) in [5.74, 6) is -0.241.